The first kappa shape index (κ1) is 29.2. The van der Waals surface area contributed by atoms with Crippen molar-refractivity contribution in [3.05, 3.63) is 42.1 Å². The Balaban J connectivity index is 0.00000280. The van der Waals surface area contributed by atoms with Crippen LogP contribution in [0.15, 0.2) is 36.5 Å². The largest absolute Gasteiger partial charge is 0.331 e. The molecule has 5 nitrogen and oxygen atoms in total. The summed E-state index contributed by atoms with van der Waals surface area (Å²) in [6, 6.07) is 9.63. The number of aromatic nitrogens is 1. The van der Waals surface area contributed by atoms with Gasteiger partial charge in [-0.2, -0.15) is 12.6 Å². The van der Waals surface area contributed by atoms with Crippen LogP contribution in [0.5, 0.6) is 0 Å². The zero-order chi connectivity index (χ0) is 19.3. The number of rotatable bonds is 7. The summed E-state index contributed by atoms with van der Waals surface area (Å²) in [5, 5.41) is 4.49. The number of benzene rings is 1. The molecule has 9 heteroatoms. The van der Waals surface area contributed by atoms with Crippen molar-refractivity contribution in [1.29, 1.82) is 0 Å². The van der Waals surface area contributed by atoms with E-state index in [1.807, 2.05) is 35.2 Å². The fourth-order valence-electron chi connectivity index (χ4n) is 4.06. The normalized spacial score (nSPS) is 20.6. The zero-order valence-corrected chi connectivity index (χ0v) is 20.6. The van der Waals surface area contributed by atoms with E-state index in [1.165, 1.54) is 0 Å². The van der Waals surface area contributed by atoms with E-state index in [0.717, 1.165) is 48.8 Å². The van der Waals surface area contributed by atoms with Gasteiger partial charge < -0.3 is 10.6 Å². The minimum Gasteiger partial charge on any atom is -0.331 e. The van der Waals surface area contributed by atoms with Gasteiger partial charge in [0.2, 0.25) is 0 Å². The number of carbonyl (C=O) groups excluding carboxylic acids is 1. The van der Waals surface area contributed by atoms with Gasteiger partial charge in [0.15, 0.2) is 0 Å². The van der Waals surface area contributed by atoms with E-state index in [-0.39, 0.29) is 49.2 Å². The Morgan fingerprint density at radius 1 is 1.27 bits per heavy atom. The lowest BCUT2D eigenvalue weighted by Crippen LogP contribution is -2.72. The molecule has 170 valence electrons. The lowest BCUT2D eigenvalue weighted by molar-refractivity contribution is 0.0317. The lowest BCUT2D eigenvalue weighted by Gasteiger charge is -2.49. The second-order valence-corrected chi connectivity index (χ2v) is 7.78. The van der Waals surface area contributed by atoms with Gasteiger partial charge in [-0.25, -0.2) is 0 Å². The average molecular weight is 496 g/mol. The molecule has 0 bridgehead atoms. The van der Waals surface area contributed by atoms with Gasteiger partial charge in [0.05, 0.1) is 22.8 Å². The fraction of sp³-hybridized carbons (Fsp3) is 0.524. The van der Waals surface area contributed by atoms with E-state index < -0.39 is 5.66 Å². The molecule has 1 fully saturated rings. The number of carbonyl (C=O) groups is 1. The van der Waals surface area contributed by atoms with Crippen molar-refractivity contribution in [3.63, 3.8) is 0 Å². The van der Waals surface area contributed by atoms with Crippen LogP contribution >= 0.6 is 49.8 Å². The topological polar surface area (TPSA) is 71.2 Å². The molecule has 3 N–H and O–H groups in total. The van der Waals surface area contributed by atoms with Gasteiger partial charge in [-0.15, -0.1) is 37.2 Å². The molecule has 1 amide bonds. The Morgan fingerprint density at radius 2 is 2.00 bits per heavy atom. The van der Waals surface area contributed by atoms with Gasteiger partial charge >= 0.3 is 0 Å². The molecule has 0 saturated carbocycles. The number of hydrogen-bond donors (Lipinski definition) is 3. The summed E-state index contributed by atoms with van der Waals surface area (Å²) in [6.07, 6.45) is 6.50. The number of piperazine rings is 1. The van der Waals surface area contributed by atoms with Crippen molar-refractivity contribution in [2.45, 2.75) is 50.7 Å². The van der Waals surface area contributed by atoms with Crippen molar-refractivity contribution in [1.82, 2.24) is 15.2 Å². The molecule has 0 spiro atoms. The Hall–Kier alpha value is -0.760. The van der Waals surface area contributed by atoms with E-state index >= 15 is 0 Å². The average Bonchev–Trinajstić information content (AvgIpc) is 2.70. The molecule has 0 radical (unpaired) electrons. The predicted octanol–water partition coefficient (Wildman–Crippen LogP) is 4.47. The molecule has 1 aliphatic heterocycles. The molecule has 0 aliphatic carbocycles. The fourth-order valence-corrected chi connectivity index (χ4v) is 4.24. The van der Waals surface area contributed by atoms with Crippen LogP contribution in [-0.4, -0.2) is 46.3 Å². The minimum atomic E-state index is -0.551. The number of amides is 1. The minimum absolute atomic E-state index is 0. The molecule has 1 unspecified atom stereocenters. The third-order valence-corrected chi connectivity index (χ3v) is 5.80. The van der Waals surface area contributed by atoms with E-state index in [4.69, 9.17) is 5.73 Å². The lowest BCUT2D eigenvalue weighted by atomic mass is 9.87. The first-order valence-corrected chi connectivity index (χ1v) is 10.5. The maximum Gasteiger partial charge on any atom is 0.256 e. The molecule has 1 aromatic heterocycles. The summed E-state index contributed by atoms with van der Waals surface area (Å²) in [5.41, 5.74) is 7.67. The van der Waals surface area contributed by atoms with Crippen molar-refractivity contribution >= 4 is 66.7 Å². The standard InChI is InChI=1S/C21H30N4OS.3ClH/c1-2-3-11-21(22)18(10-6-15-27)25(14-13-24-21)20(26)17-9-4-7-16-8-5-12-23-19(16)17;;;/h4-5,7-9,12,18,24,27H,2-3,6,10-11,13-15,22H2,1H3;3*1H/t18?,21-;;;/m0.../s1. The highest BCUT2D eigenvalue weighted by Crippen LogP contribution is 2.28. The molecule has 3 rings (SSSR count). The van der Waals surface area contributed by atoms with E-state index in [0.29, 0.717) is 18.7 Å². The van der Waals surface area contributed by atoms with Gasteiger partial charge in [-0.3, -0.25) is 15.1 Å². The van der Waals surface area contributed by atoms with Crippen molar-refractivity contribution in [2.75, 3.05) is 18.8 Å². The Bertz CT molecular complexity index is 792. The van der Waals surface area contributed by atoms with Crippen LogP contribution in [0.4, 0.5) is 0 Å². The van der Waals surface area contributed by atoms with Crippen LogP contribution in [0.25, 0.3) is 10.9 Å². The van der Waals surface area contributed by atoms with Crippen LogP contribution in [0.1, 0.15) is 49.4 Å². The molecule has 2 aromatic rings. The van der Waals surface area contributed by atoms with E-state index in [2.05, 4.69) is 29.9 Å². The quantitative estimate of drug-likeness (QED) is 0.496. The SMILES string of the molecule is CCCC[C@]1(N)NCCN(C(=O)c2cccc3cccnc23)C1CCCS.Cl.Cl.Cl. The van der Waals surface area contributed by atoms with Crippen LogP contribution in [0.3, 0.4) is 0 Å². The van der Waals surface area contributed by atoms with Crippen LogP contribution in [-0.2, 0) is 0 Å². The maximum absolute atomic E-state index is 13.5. The van der Waals surface area contributed by atoms with E-state index in [1.54, 1.807) is 6.20 Å². The van der Waals surface area contributed by atoms with E-state index in [9.17, 15) is 4.79 Å². The summed E-state index contributed by atoms with van der Waals surface area (Å²) < 4.78 is 0. The van der Waals surface area contributed by atoms with Gasteiger partial charge in [0.25, 0.3) is 5.91 Å². The van der Waals surface area contributed by atoms with Gasteiger partial charge in [0.1, 0.15) is 0 Å². The molecule has 1 aliphatic rings. The number of fused-ring (bicyclic) bond motifs is 1. The number of halogens is 3. The first-order chi connectivity index (χ1) is 13.1. The number of nitrogens with one attached hydrogen (secondary N) is 1. The van der Waals surface area contributed by atoms with Gasteiger partial charge in [-0.05, 0) is 37.1 Å². The van der Waals surface area contributed by atoms with Crippen LogP contribution < -0.4 is 11.1 Å². The maximum atomic E-state index is 13.5. The zero-order valence-electron chi connectivity index (χ0n) is 17.3. The number of unbranched alkanes of at least 4 members (excludes halogenated alkanes) is 1. The van der Waals surface area contributed by atoms with Gasteiger partial charge in [-0.1, -0.05) is 38.0 Å². The second-order valence-electron chi connectivity index (χ2n) is 7.33. The highest BCUT2D eigenvalue weighted by atomic mass is 35.5. The van der Waals surface area contributed by atoms with Crippen molar-refractivity contribution < 1.29 is 4.79 Å². The summed E-state index contributed by atoms with van der Waals surface area (Å²) >= 11 is 4.37. The number of hydrogen-bond acceptors (Lipinski definition) is 5. The Labute approximate surface area is 203 Å². The monoisotopic (exact) mass is 494 g/mol. The summed E-state index contributed by atoms with van der Waals surface area (Å²) in [5.74, 6) is 0.814. The third-order valence-electron chi connectivity index (χ3n) is 5.48. The van der Waals surface area contributed by atoms with Crippen LogP contribution in [0, 0.1) is 0 Å². The number of nitrogens with zero attached hydrogens (tertiary/aromatic N) is 2. The number of para-hydroxylation sites is 1. The van der Waals surface area contributed by atoms with Crippen molar-refractivity contribution in [2.24, 2.45) is 5.73 Å². The molecule has 2 atom stereocenters. The smallest absolute Gasteiger partial charge is 0.256 e. The highest BCUT2D eigenvalue weighted by Gasteiger charge is 2.43. The molecular weight excluding hydrogens is 463 g/mol. The summed E-state index contributed by atoms with van der Waals surface area (Å²) in [4.78, 5) is 20.0. The Morgan fingerprint density at radius 3 is 2.70 bits per heavy atom. The molecule has 2 heterocycles. The molecule has 30 heavy (non-hydrogen) atoms. The number of nitrogens with two attached hydrogens (primary N) is 1. The second kappa shape index (κ2) is 13.6. The molecule has 1 saturated heterocycles. The highest BCUT2D eigenvalue weighted by molar-refractivity contribution is 7.80. The molecule has 1 aromatic carbocycles. The Kier molecular flexibility index (Phi) is 13.3. The summed E-state index contributed by atoms with van der Waals surface area (Å²) in [6.45, 7) is 3.53. The van der Waals surface area contributed by atoms with Crippen LogP contribution in [0.2, 0.25) is 0 Å². The third kappa shape index (κ3) is 6.38. The summed E-state index contributed by atoms with van der Waals surface area (Å²) in [7, 11) is 0. The first-order valence-electron chi connectivity index (χ1n) is 9.90. The van der Waals surface area contributed by atoms with Crippen molar-refractivity contribution in [3.8, 4) is 0 Å². The molecular formula is C21H33Cl3N4OS. The number of pyridine rings is 1. The number of thiol groups is 1. The predicted molar refractivity (Wildman–Crippen MR) is 136 cm³/mol. The van der Waals surface area contributed by atoms with Gasteiger partial charge in [0, 0.05) is 24.7 Å².